The van der Waals surface area contributed by atoms with Crippen molar-refractivity contribution < 1.29 is 26.2 Å². The summed E-state index contributed by atoms with van der Waals surface area (Å²) in [4.78, 5) is 0. The summed E-state index contributed by atoms with van der Waals surface area (Å²) in [6.45, 7) is 1.19. The zero-order chi connectivity index (χ0) is 8.53. The summed E-state index contributed by atoms with van der Waals surface area (Å²) >= 11 is 0. The number of rotatable bonds is 1. The van der Waals surface area contributed by atoms with Crippen molar-refractivity contribution in [3.8, 4) is 5.75 Å². The van der Waals surface area contributed by atoms with Gasteiger partial charge in [-0.3, -0.25) is 0 Å². The Morgan fingerprint density at radius 3 is 1.58 bits per heavy atom. The molecule has 1 aromatic carbocycles. The second kappa shape index (κ2) is 10.6. The van der Waals surface area contributed by atoms with Crippen LogP contribution in [0.2, 0.25) is 0 Å². The smallest absolute Gasteiger partial charge is 0.115 e. The Morgan fingerprint density at radius 2 is 1.42 bits per heavy atom. The summed E-state index contributed by atoms with van der Waals surface area (Å²) in [6.07, 6.45) is 0. The van der Waals surface area contributed by atoms with Gasteiger partial charge in [-0.15, -0.1) is 0 Å². The van der Waals surface area contributed by atoms with Crippen LogP contribution < -0.4 is 11.5 Å². The first-order chi connectivity index (χ1) is 5.31. The van der Waals surface area contributed by atoms with Crippen LogP contribution in [0.15, 0.2) is 30.3 Å². The zero-order valence-electron chi connectivity index (χ0n) is 6.81. The average Bonchev–Trinajstić information content (AvgIpc) is 2.07. The Hall–Kier alpha value is -0.372. The molecular weight excluding hydrogens is 324 g/mol. The van der Waals surface area contributed by atoms with Crippen LogP contribution in [0.25, 0.3) is 0 Å². The van der Waals surface area contributed by atoms with Crippen LogP contribution in [0.5, 0.6) is 5.75 Å². The molecular formula is C8H14N2OW. The van der Waals surface area contributed by atoms with Gasteiger partial charge >= 0.3 is 0 Å². The van der Waals surface area contributed by atoms with Crippen LogP contribution in [-0.2, 0) is 21.1 Å². The minimum atomic E-state index is 0. The number of benzene rings is 1. The third-order valence-corrected chi connectivity index (χ3v) is 0.923. The van der Waals surface area contributed by atoms with Crippen molar-refractivity contribution >= 4 is 0 Å². The molecule has 68 valence electrons. The number of aromatic hydroxyl groups is 1. The maximum atomic E-state index is 8.63. The number of para-hydroxylation sites is 1. The molecule has 0 atom stereocenters. The maximum absolute atomic E-state index is 8.63. The van der Waals surface area contributed by atoms with E-state index in [4.69, 9.17) is 16.6 Å². The SMILES string of the molecule is NCCN.Oc1ccccc1.[W]. The van der Waals surface area contributed by atoms with Gasteiger partial charge in [0.15, 0.2) is 0 Å². The second-order valence-corrected chi connectivity index (χ2v) is 1.91. The monoisotopic (exact) mass is 338 g/mol. The number of hydrogen-bond donors (Lipinski definition) is 3. The number of phenols is 1. The van der Waals surface area contributed by atoms with E-state index in [0.29, 0.717) is 18.8 Å². The summed E-state index contributed by atoms with van der Waals surface area (Å²) in [5.41, 5.74) is 9.81. The summed E-state index contributed by atoms with van der Waals surface area (Å²) < 4.78 is 0. The maximum Gasteiger partial charge on any atom is 0.115 e. The van der Waals surface area contributed by atoms with Gasteiger partial charge < -0.3 is 16.6 Å². The molecule has 12 heavy (non-hydrogen) atoms. The Labute approximate surface area is 87.0 Å². The van der Waals surface area contributed by atoms with Crippen LogP contribution in [0, 0.1) is 0 Å². The van der Waals surface area contributed by atoms with Crippen molar-refractivity contribution in [3.63, 3.8) is 0 Å². The van der Waals surface area contributed by atoms with Crippen LogP contribution in [-0.4, -0.2) is 18.2 Å². The number of hydrogen-bond acceptors (Lipinski definition) is 3. The molecule has 4 heteroatoms. The summed E-state index contributed by atoms with van der Waals surface area (Å²) in [7, 11) is 0. The number of phenolic OH excluding ortho intramolecular Hbond substituents is 1. The molecule has 0 spiro atoms. The first-order valence-electron chi connectivity index (χ1n) is 3.45. The molecule has 5 N–H and O–H groups in total. The predicted octanol–water partition coefficient (Wildman–Crippen LogP) is 0.293. The average molecular weight is 338 g/mol. The van der Waals surface area contributed by atoms with Gasteiger partial charge in [-0.25, -0.2) is 0 Å². The van der Waals surface area contributed by atoms with E-state index in [9.17, 15) is 0 Å². The molecule has 0 bridgehead atoms. The largest absolute Gasteiger partial charge is 0.508 e. The van der Waals surface area contributed by atoms with Crippen molar-refractivity contribution in [1.82, 2.24) is 0 Å². The summed E-state index contributed by atoms with van der Waals surface area (Å²) in [5.74, 6) is 0.322. The molecule has 0 saturated heterocycles. The predicted molar refractivity (Wildman–Crippen MR) is 46.2 cm³/mol. The van der Waals surface area contributed by atoms with E-state index in [1.165, 1.54) is 0 Å². The van der Waals surface area contributed by atoms with Crippen molar-refractivity contribution in [1.29, 1.82) is 0 Å². The standard InChI is InChI=1S/C6H6O.C2H8N2.W/c7-6-4-2-1-3-5-6;3-1-2-4;/h1-5,7H;1-4H2;. The molecule has 0 aliphatic heterocycles. The van der Waals surface area contributed by atoms with Crippen LogP contribution >= 0.6 is 0 Å². The molecule has 0 unspecified atom stereocenters. The van der Waals surface area contributed by atoms with Crippen LogP contribution in [0.3, 0.4) is 0 Å². The molecule has 0 radical (unpaired) electrons. The van der Waals surface area contributed by atoms with Gasteiger partial charge in [-0.2, -0.15) is 0 Å². The van der Waals surface area contributed by atoms with E-state index in [0.717, 1.165) is 0 Å². The fraction of sp³-hybridized carbons (Fsp3) is 0.250. The van der Waals surface area contributed by atoms with E-state index < -0.39 is 0 Å². The Kier molecular flexibility index (Phi) is 12.5. The van der Waals surface area contributed by atoms with Gasteiger partial charge in [-0.05, 0) is 12.1 Å². The first kappa shape index (κ1) is 14.2. The summed E-state index contributed by atoms with van der Waals surface area (Å²) in [5, 5.41) is 8.63. The van der Waals surface area contributed by atoms with Crippen LogP contribution in [0.1, 0.15) is 0 Å². The molecule has 1 aromatic rings. The molecule has 1 rings (SSSR count). The van der Waals surface area contributed by atoms with E-state index in [-0.39, 0.29) is 21.1 Å². The van der Waals surface area contributed by atoms with E-state index >= 15 is 0 Å². The Morgan fingerprint density at radius 1 is 1.00 bits per heavy atom. The number of nitrogens with two attached hydrogens (primary N) is 2. The third kappa shape index (κ3) is 9.63. The first-order valence-corrected chi connectivity index (χ1v) is 3.45. The molecule has 0 aliphatic rings. The van der Waals surface area contributed by atoms with Gasteiger partial charge in [0.2, 0.25) is 0 Å². The molecule has 3 nitrogen and oxygen atoms in total. The fourth-order valence-corrected chi connectivity index (χ4v) is 0.428. The van der Waals surface area contributed by atoms with Crippen molar-refractivity contribution in [3.05, 3.63) is 30.3 Å². The zero-order valence-corrected chi connectivity index (χ0v) is 9.74. The molecule has 0 amide bonds. The van der Waals surface area contributed by atoms with Gasteiger partial charge in [0.1, 0.15) is 5.75 Å². The fourth-order valence-electron chi connectivity index (χ4n) is 0.428. The quantitative estimate of drug-likeness (QED) is 0.690. The molecule has 0 aliphatic carbocycles. The van der Waals surface area contributed by atoms with Crippen molar-refractivity contribution in [2.75, 3.05) is 13.1 Å². The molecule has 0 saturated carbocycles. The molecule has 0 fully saturated rings. The minimum Gasteiger partial charge on any atom is -0.508 e. The van der Waals surface area contributed by atoms with Gasteiger partial charge in [0.25, 0.3) is 0 Å². The Bertz CT molecular complexity index is 168. The minimum absolute atomic E-state index is 0. The topological polar surface area (TPSA) is 72.3 Å². The van der Waals surface area contributed by atoms with E-state index in [2.05, 4.69) is 0 Å². The van der Waals surface area contributed by atoms with Gasteiger partial charge in [0, 0.05) is 34.2 Å². The van der Waals surface area contributed by atoms with E-state index in [1.807, 2.05) is 6.07 Å². The van der Waals surface area contributed by atoms with Crippen LogP contribution in [0.4, 0.5) is 0 Å². The molecule has 0 aromatic heterocycles. The van der Waals surface area contributed by atoms with E-state index in [1.54, 1.807) is 24.3 Å². The van der Waals surface area contributed by atoms with Crippen molar-refractivity contribution in [2.45, 2.75) is 0 Å². The Balaban J connectivity index is 0. The third-order valence-electron chi connectivity index (χ3n) is 0.923. The second-order valence-electron chi connectivity index (χ2n) is 1.91. The normalized spacial score (nSPS) is 7.50. The summed E-state index contributed by atoms with van der Waals surface area (Å²) in [6, 6.07) is 8.71. The molecule has 0 heterocycles. The van der Waals surface area contributed by atoms with Gasteiger partial charge in [0.05, 0.1) is 0 Å². The van der Waals surface area contributed by atoms with Gasteiger partial charge in [-0.1, -0.05) is 18.2 Å². The van der Waals surface area contributed by atoms with Crippen molar-refractivity contribution in [2.24, 2.45) is 11.5 Å².